The van der Waals surface area contributed by atoms with E-state index in [9.17, 15) is 4.39 Å². The molecule has 0 atom stereocenters. The van der Waals surface area contributed by atoms with Gasteiger partial charge in [0.25, 0.3) is 0 Å². The van der Waals surface area contributed by atoms with Crippen molar-refractivity contribution in [2.45, 2.75) is 12.8 Å². The summed E-state index contributed by atoms with van der Waals surface area (Å²) in [4.78, 5) is 0. The minimum atomic E-state index is -0.372. The number of halogens is 1. The number of rotatable bonds is 0. The number of hydrogen-bond donors (Lipinski definition) is 0. The highest BCUT2D eigenvalue weighted by Gasteiger charge is 2.05. The van der Waals surface area contributed by atoms with Gasteiger partial charge in [0.05, 0.1) is 11.6 Å². The number of nitriles is 1. The second-order valence-electron chi connectivity index (χ2n) is 1.88. The van der Waals surface area contributed by atoms with Crippen molar-refractivity contribution < 1.29 is 4.39 Å². The zero-order valence-electron chi connectivity index (χ0n) is 4.89. The van der Waals surface area contributed by atoms with Crippen molar-refractivity contribution in [3.05, 3.63) is 23.6 Å². The van der Waals surface area contributed by atoms with Gasteiger partial charge in [-0.05, 0) is 18.9 Å². The lowest BCUT2D eigenvalue weighted by molar-refractivity contribution is 0.643. The summed E-state index contributed by atoms with van der Waals surface area (Å²) in [6.07, 6.45) is 4.42. The Morgan fingerprint density at radius 2 is 2.44 bits per heavy atom. The van der Waals surface area contributed by atoms with E-state index >= 15 is 0 Å². The maximum Gasteiger partial charge on any atom is 0.136 e. The maximum absolute atomic E-state index is 12.4. The lowest BCUT2D eigenvalue weighted by Gasteiger charge is -2.00. The quantitative estimate of drug-likeness (QED) is 0.483. The Morgan fingerprint density at radius 3 is 2.89 bits per heavy atom. The van der Waals surface area contributed by atoms with Crippen LogP contribution in [0.5, 0.6) is 0 Å². The molecule has 0 aromatic rings. The molecule has 0 saturated carbocycles. The summed E-state index contributed by atoms with van der Waals surface area (Å²) in [5.74, 6) is -0.372. The van der Waals surface area contributed by atoms with Gasteiger partial charge in [-0.2, -0.15) is 5.26 Å². The van der Waals surface area contributed by atoms with E-state index in [0.29, 0.717) is 6.42 Å². The van der Waals surface area contributed by atoms with Crippen LogP contribution < -0.4 is 0 Å². The van der Waals surface area contributed by atoms with Crippen LogP contribution in [-0.4, -0.2) is 0 Å². The van der Waals surface area contributed by atoms with Gasteiger partial charge in [-0.1, -0.05) is 6.08 Å². The van der Waals surface area contributed by atoms with Crippen molar-refractivity contribution in [3.8, 4) is 6.07 Å². The second-order valence-corrected chi connectivity index (χ2v) is 1.88. The van der Waals surface area contributed by atoms with Crippen molar-refractivity contribution in [1.82, 2.24) is 0 Å². The molecule has 0 fully saturated rings. The first-order chi connectivity index (χ1) is 4.34. The number of allylic oxidation sites excluding steroid dienone is 4. The van der Waals surface area contributed by atoms with E-state index in [1.807, 2.05) is 6.07 Å². The van der Waals surface area contributed by atoms with Gasteiger partial charge < -0.3 is 0 Å². The van der Waals surface area contributed by atoms with Crippen LogP contribution in [0.2, 0.25) is 0 Å². The molecule has 9 heavy (non-hydrogen) atoms. The lowest BCUT2D eigenvalue weighted by atomic mass is 10.1. The van der Waals surface area contributed by atoms with Crippen LogP contribution in [-0.2, 0) is 0 Å². The van der Waals surface area contributed by atoms with E-state index in [4.69, 9.17) is 5.26 Å². The van der Waals surface area contributed by atoms with Gasteiger partial charge in [0.15, 0.2) is 0 Å². The van der Waals surface area contributed by atoms with Gasteiger partial charge in [-0.3, -0.25) is 0 Å². The molecular formula is C7H6FN. The number of nitrogens with zero attached hydrogens (tertiary/aromatic N) is 1. The monoisotopic (exact) mass is 123 g/mol. The summed E-state index contributed by atoms with van der Waals surface area (Å²) in [7, 11) is 0. The molecule has 0 aromatic carbocycles. The molecule has 0 radical (unpaired) electrons. The molecule has 1 aliphatic rings. The molecule has 0 aliphatic heterocycles. The van der Waals surface area contributed by atoms with Crippen LogP contribution in [0.4, 0.5) is 4.39 Å². The van der Waals surface area contributed by atoms with E-state index in [1.54, 1.807) is 6.08 Å². The van der Waals surface area contributed by atoms with Crippen molar-refractivity contribution >= 4 is 0 Å². The van der Waals surface area contributed by atoms with Crippen LogP contribution in [0.3, 0.4) is 0 Å². The first-order valence-corrected chi connectivity index (χ1v) is 2.80. The molecule has 2 heteroatoms. The Labute approximate surface area is 53.1 Å². The van der Waals surface area contributed by atoms with Gasteiger partial charge in [-0.25, -0.2) is 4.39 Å². The van der Waals surface area contributed by atoms with Gasteiger partial charge in [0, 0.05) is 0 Å². The summed E-state index contributed by atoms with van der Waals surface area (Å²) in [5.41, 5.74) is 0.275. The predicted molar refractivity (Wildman–Crippen MR) is 32.1 cm³/mol. The Kier molecular flexibility index (Phi) is 1.64. The van der Waals surface area contributed by atoms with Crippen LogP contribution in [0.15, 0.2) is 23.6 Å². The Balaban J connectivity index is 2.88. The lowest BCUT2D eigenvalue weighted by Crippen LogP contribution is -1.86. The Hall–Kier alpha value is -1.10. The molecule has 0 bridgehead atoms. The fourth-order valence-electron chi connectivity index (χ4n) is 0.744. The highest BCUT2D eigenvalue weighted by molar-refractivity contribution is 5.33. The van der Waals surface area contributed by atoms with Crippen LogP contribution in [0, 0.1) is 11.3 Å². The summed E-state index contributed by atoms with van der Waals surface area (Å²) in [5, 5.41) is 8.28. The van der Waals surface area contributed by atoms with E-state index in [-0.39, 0.29) is 11.4 Å². The first kappa shape index (κ1) is 6.03. The molecule has 1 aliphatic carbocycles. The molecular weight excluding hydrogens is 117 g/mol. The molecule has 1 rings (SSSR count). The Bertz CT molecular complexity index is 207. The van der Waals surface area contributed by atoms with E-state index in [0.717, 1.165) is 6.42 Å². The zero-order valence-corrected chi connectivity index (χ0v) is 4.89. The van der Waals surface area contributed by atoms with Crippen molar-refractivity contribution in [1.29, 1.82) is 5.26 Å². The van der Waals surface area contributed by atoms with Gasteiger partial charge >= 0.3 is 0 Å². The minimum absolute atomic E-state index is 0.275. The molecule has 0 spiro atoms. The van der Waals surface area contributed by atoms with Gasteiger partial charge in [-0.15, -0.1) is 0 Å². The SMILES string of the molecule is N#CC1=C(F)C=CCC1. The van der Waals surface area contributed by atoms with E-state index < -0.39 is 0 Å². The molecule has 1 nitrogen and oxygen atoms in total. The molecule has 0 saturated heterocycles. The fraction of sp³-hybridized carbons (Fsp3) is 0.286. The smallest absolute Gasteiger partial charge is 0.136 e. The van der Waals surface area contributed by atoms with Gasteiger partial charge in [0.1, 0.15) is 5.83 Å². The summed E-state index contributed by atoms with van der Waals surface area (Å²) < 4.78 is 12.4. The third-order valence-corrected chi connectivity index (χ3v) is 1.25. The van der Waals surface area contributed by atoms with Crippen molar-refractivity contribution in [2.24, 2.45) is 0 Å². The van der Waals surface area contributed by atoms with Crippen LogP contribution in [0.25, 0.3) is 0 Å². The maximum atomic E-state index is 12.4. The zero-order chi connectivity index (χ0) is 6.69. The molecule has 0 N–H and O–H groups in total. The van der Waals surface area contributed by atoms with E-state index in [1.165, 1.54) is 6.08 Å². The topological polar surface area (TPSA) is 23.8 Å². The summed E-state index contributed by atoms with van der Waals surface area (Å²) in [6.45, 7) is 0. The second kappa shape index (κ2) is 2.45. The van der Waals surface area contributed by atoms with E-state index in [2.05, 4.69) is 0 Å². The molecule has 0 amide bonds. The Morgan fingerprint density at radius 1 is 1.67 bits per heavy atom. The average molecular weight is 123 g/mol. The summed E-state index contributed by atoms with van der Waals surface area (Å²) in [6, 6.07) is 1.81. The molecule has 46 valence electrons. The number of hydrogen-bond acceptors (Lipinski definition) is 1. The van der Waals surface area contributed by atoms with Crippen LogP contribution >= 0.6 is 0 Å². The third kappa shape index (κ3) is 1.17. The predicted octanol–water partition coefficient (Wildman–Crippen LogP) is 2.08. The minimum Gasteiger partial charge on any atom is -0.206 e. The van der Waals surface area contributed by atoms with Crippen molar-refractivity contribution in [2.75, 3.05) is 0 Å². The molecule has 0 heterocycles. The van der Waals surface area contributed by atoms with Crippen LogP contribution in [0.1, 0.15) is 12.8 Å². The highest BCUT2D eigenvalue weighted by Crippen LogP contribution is 2.18. The third-order valence-electron chi connectivity index (χ3n) is 1.25. The summed E-state index contributed by atoms with van der Waals surface area (Å²) >= 11 is 0. The largest absolute Gasteiger partial charge is 0.206 e. The van der Waals surface area contributed by atoms with Crippen molar-refractivity contribution in [3.63, 3.8) is 0 Å². The highest BCUT2D eigenvalue weighted by atomic mass is 19.1. The first-order valence-electron chi connectivity index (χ1n) is 2.80. The fourth-order valence-corrected chi connectivity index (χ4v) is 0.744. The van der Waals surface area contributed by atoms with Gasteiger partial charge in [0.2, 0.25) is 0 Å². The molecule has 0 aromatic heterocycles. The molecule has 0 unspecified atom stereocenters. The normalized spacial score (nSPS) is 17.8. The average Bonchev–Trinajstić information content (AvgIpc) is 1.89. The standard InChI is InChI=1S/C7H6FN/c8-7-4-2-1-3-6(7)5-9/h2,4H,1,3H2.